The number of nitrogens with zero attached hydrogens (tertiary/aromatic N) is 2. The van der Waals surface area contributed by atoms with E-state index in [2.05, 4.69) is 10.6 Å². The molecule has 0 aliphatic carbocycles. The van der Waals surface area contributed by atoms with Crippen molar-refractivity contribution < 1.29 is 57.8 Å². The zero-order valence-corrected chi connectivity index (χ0v) is 26.7. The Bertz CT molecular complexity index is 1760. The standard InChI is InChI=1S/C31H33B2N5O12/c34-25(39)6-5-20(12-28(42)50-38-26(40)7-8-27(38)41)35-30(44)24-11-21(36-29(43)16-1-3-18-14-48-32(46)22(18)9-16)13-37(24)31(45)17-2-4-19-15-49-33(47)23(19)10-17/h1-4,9-10,20-21,24,46-47H,5-8,11-15H2,(H2,34,39)(H,35,44)(H,36,43)/t20-,21+,24-/m0/s1. The average Bonchev–Trinajstić information content (AvgIpc) is 3.86. The molecule has 50 heavy (non-hydrogen) atoms. The lowest BCUT2D eigenvalue weighted by Gasteiger charge is -2.26. The fourth-order valence-electron chi connectivity index (χ4n) is 6.39. The first kappa shape index (κ1) is 34.8. The van der Waals surface area contributed by atoms with Gasteiger partial charge in [0.05, 0.1) is 19.6 Å². The number of carbonyl (C=O) groups excluding carboxylic acids is 7. The second-order valence-corrected chi connectivity index (χ2v) is 12.5. The second kappa shape index (κ2) is 14.4. The number of fused-ring (bicyclic) bond motifs is 2. The number of likely N-dealkylation sites (tertiary alicyclic amines) is 1. The largest absolute Gasteiger partial charge is 0.491 e. The van der Waals surface area contributed by atoms with E-state index in [-0.39, 0.29) is 63.0 Å². The van der Waals surface area contributed by atoms with E-state index in [0.29, 0.717) is 21.6 Å². The molecular formula is C31H33B2N5O12. The second-order valence-electron chi connectivity index (χ2n) is 12.5. The quantitative estimate of drug-likeness (QED) is 0.116. The lowest BCUT2D eigenvalue weighted by Crippen LogP contribution is -2.49. The van der Waals surface area contributed by atoms with Crippen LogP contribution in [0.4, 0.5) is 0 Å². The SMILES string of the molecule is NC(=O)CC[C@@H](CC(=O)ON1C(=O)CCC1=O)NC(=O)[C@@H]1C[C@@H](NC(=O)c2ccc3c(c2)B(O)OC3)CN1C(=O)c1ccc2c(c1)B(O)OC2. The number of imide groups is 1. The van der Waals surface area contributed by atoms with E-state index in [4.69, 9.17) is 19.9 Å². The number of hydroxylamine groups is 2. The minimum atomic E-state index is -1.23. The van der Waals surface area contributed by atoms with Gasteiger partial charge in [0.1, 0.15) is 6.04 Å². The van der Waals surface area contributed by atoms with Crippen molar-refractivity contribution in [1.82, 2.24) is 20.6 Å². The molecule has 2 aromatic rings. The molecule has 19 heteroatoms. The molecule has 6 rings (SSSR count). The molecular weight excluding hydrogens is 656 g/mol. The summed E-state index contributed by atoms with van der Waals surface area (Å²) >= 11 is 0. The number of nitrogens with two attached hydrogens (primary N) is 1. The molecule has 3 atom stereocenters. The number of nitrogens with one attached hydrogen (secondary N) is 2. The molecule has 0 radical (unpaired) electrons. The van der Waals surface area contributed by atoms with Crippen molar-refractivity contribution in [3.63, 3.8) is 0 Å². The third-order valence-corrected chi connectivity index (χ3v) is 9.02. The summed E-state index contributed by atoms with van der Waals surface area (Å²) in [6.07, 6.45) is -1.14. The Morgan fingerprint density at radius 3 is 2.16 bits per heavy atom. The van der Waals surface area contributed by atoms with E-state index >= 15 is 0 Å². The predicted octanol–water partition coefficient (Wildman–Crippen LogP) is -3.12. The molecule has 2 aromatic carbocycles. The summed E-state index contributed by atoms with van der Waals surface area (Å²) in [4.78, 5) is 95.5. The number of hydrogen-bond acceptors (Lipinski definition) is 12. The predicted molar refractivity (Wildman–Crippen MR) is 171 cm³/mol. The molecule has 0 bridgehead atoms. The Balaban J connectivity index is 1.20. The molecule has 6 N–H and O–H groups in total. The van der Waals surface area contributed by atoms with Gasteiger partial charge < -0.3 is 45.5 Å². The van der Waals surface area contributed by atoms with Gasteiger partial charge in [0.25, 0.3) is 23.6 Å². The van der Waals surface area contributed by atoms with Crippen molar-refractivity contribution in [2.24, 2.45) is 5.73 Å². The van der Waals surface area contributed by atoms with Gasteiger partial charge in [0.2, 0.25) is 11.8 Å². The van der Waals surface area contributed by atoms with Crippen LogP contribution in [-0.4, -0.2) is 100 Å². The Labute approximate surface area is 285 Å². The minimum absolute atomic E-state index is 0.0412. The van der Waals surface area contributed by atoms with Gasteiger partial charge >= 0.3 is 20.2 Å². The Hall–Kier alpha value is -5.10. The van der Waals surface area contributed by atoms with Crippen molar-refractivity contribution in [3.8, 4) is 0 Å². The molecule has 2 saturated heterocycles. The monoisotopic (exact) mass is 689 g/mol. The molecule has 4 aliphatic heterocycles. The normalized spacial score (nSPS) is 20.1. The maximum atomic E-state index is 13.9. The van der Waals surface area contributed by atoms with Crippen molar-refractivity contribution >= 4 is 66.6 Å². The van der Waals surface area contributed by atoms with Crippen molar-refractivity contribution in [1.29, 1.82) is 0 Å². The van der Waals surface area contributed by atoms with Crippen LogP contribution in [0.15, 0.2) is 36.4 Å². The molecule has 0 saturated carbocycles. The van der Waals surface area contributed by atoms with Crippen molar-refractivity contribution in [2.75, 3.05) is 6.54 Å². The van der Waals surface area contributed by atoms with Crippen LogP contribution in [0, 0.1) is 0 Å². The molecule has 0 spiro atoms. The third kappa shape index (κ3) is 7.40. The van der Waals surface area contributed by atoms with E-state index in [1.165, 1.54) is 23.1 Å². The van der Waals surface area contributed by atoms with E-state index < -0.39 is 80.2 Å². The number of carbonyl (C=O) groups is 7. The summed E-state index contributed by atoms with van der Waals surface area (Å²) in [6.45, 7) is 0.269. The van der Waals surface area contributed by atoms with E-state index in [9.17, 15) is 43.6 Å². The summed E-state index contributed by atoms with van der Waals surface area (Å²) in [5, 5.41) is 26.2. The third-order valence-electron chi connectivity index (χ3n) is 9.02. The number of amides is 6. The first-order valence-electron chi connectivity index (χ1n) is 16.0. The van der Waals surface area contributed by atoms with E-state index in [0.717, 1.165) is 5.56 Å². The van der Waals surface area contributed by atoms with Crippen LogP contribution in [0.5, 0.6) is 0 Å². The highest BCUT2D eigenvalue weighted by Crippen LogP contribution is 2.24. The Morgan fingerprint density at radius 2 is 1.54 bits per heavy atom. The van der Waals surface area contributed by atoms with Gasteiger partial charge in [-0.25, -0.2) is 4.79 Å². The summed E-state index contributed by atoms with van der Waals surface area (Å²) in [7, 11) is -2.40. The van der Waals surface area contributed by atoms with Crippen LogP contribution >= 0.6 is 0 Å². The van der Waals surface area contributed by atoms with Crippen LogP contribution < -0.4 is 27.3 Å². The van der Waals surface area contributed by atoms with E-state index in [1.807, 2.05) is 0 Å². The highest BCUT2D eigenvalue weighted by molar-refractivity contribution is 6.62. The maximum Gasteiger partial charge on any atom is 0.491 e. The number of rotatable bonds is 11. The number of hydrogen-bond donors (Lipinski definition) is 5. The van der Waals surface area contributed by atoms with Gasteiger partial charge in [-0.15, -0.1) is 5.06 Å². The lowest BCUT2D eigenvalue weighted by molar-refractivity contribution is -0.197. The molecule has 0 unspecified atom stereocenters. The van der Waals surface area contributed by atoms with Crippen LogP contribution in [0.1, 0.15) is 70.4 Å². The fraction of sp³-hybridized carbons (Fsp3) is 0.387. The zero-order chi connectivity index (χ0) is 35.7. The highest BCUT2D eigenvalue weighted by Gasteiger charge is 2.42. The average molecular weight is 689 g/mol. The van der Waals surface area contributed by atoms with Crippen LogP contribution in [0.2, 0.25) is 0 Å². The topological polar surface area (TPSA) is 244 Å². The first-order valence-corrected chi connectivity index (χ1v) is 16.0. The molecule has 0 aromatic heterocycles. The highest BCUT2D eigenvalue weighted by atomic mass is 16.7. The minimum Gasteiger partial charge on any atom is -0.423 e. The van der Waals surface area contributed by atoms with Gasteiger partial charge in [-0.05, 0) is 59.2 Å². The first-order chi connectivity index (χ1) is 23.9. The molecule has 17 nitrogen and oxygen atoms in total. The van der Waals surface area contributed by atoms with Crippen LogP contribution in [0.3, 0.4) is 0 Å². The summed E-state index contributed by atoms with van der Waals surface area (Å²) in [5.74, 6) is -4.92. The molecule has 260 valence electrons. The van der Waals surface area contributed by atoms with Crippen LogP contribution in [-0.2, 0) is 51.3 Å². The van der Waals surface area contributed by atoms with Gasteiger partial charge in [-0.1, -0.05) is 12.1 Å². The number of benzene rings is 2. The fourth-order valence-corrected chi connectivity index (χ4v) is 6.39. The Morgan fingerprint density at radius 1 is 0.940 bits per heavy atom. The Kier molecular flexibility index (Phi) is 10.0. The number of primary amides is 1. The van der Waals surface area contributed by atoms with Gasteiger partial charge in [-0.3, -0.25) is 28.8 Å². The lowest BCUT2D eigenvalue weighted by atomic mass is 9.78. The zero-order valence-electron chi connectivity index (χ0n) is 26.7. The van der Waals surface area contributed by atoms with Crippen molar-refractivity contribution in [2.45, 2.75) is 69.9 Å². The van der Waals surface area contributed by atoms with Gasteiger partial charge in [0.15, 0.2) is 0 Å². The summed E-state index contributed by atoms with van der Waals surface area (Å²) in [5.41, 5.74) is 7.99. The van der Waals surface area contributed by atoms with Gasteiger partial charge in [0, 0.05) is 49.0 Å². The van der Waals surface area contributed by atoms with Crippen molar-refractivity contribution in [3.05, 3.63) is 58.7 Å². The molecule has 2 fully saturated rings. The van der Waals surface area contributed by atoms with Crippen LogP contribution in [0.25, 0.3) is 0 Å². The van der Waals surface area contributed by atoms with E-state index in [1.54, 1.807) is 18.2 Å². The summed E-state index contributed by atoms with van der Waals surface area (Å²) in [6, 6.07) is 6.45. The molecule has 6 amide bonds. The van der Waals surface area contributed by atoms with Gasteiger partial charge in [-0.2, -0.15) is 0 Å². The molecule has 4 aliphatic rings. The summed E-state index contributed by atoms with van der Waals surface area (Å²) < 4.78 is 10.4. The maximum absolute atomic E-state index is 13.9. The smallest absolute Gasteiger partial charge is 0.423 e. The molecule has 4 heterocycles.